The number of nitrogens with zero attached hydrogens (tertiary/aromatic N) is 5. The Balaban J connectivity index is 1.53. The fourth-order valence-corrected chi connectivity index (χ4v) is 6.49. The zero-order chi connectivity index (χ0) is 30.4. The van der Waals surface area contributed by atoms with Crippen LogP contribution in [0.3, 0.4) is 0 Å². The van der Waals surface area contributed by atoms with Gasteiger partial charge in [0.1, 0.15) is 0 Å². The summed E-state index contributed by atoms with van der Waals surface area (Å²) in [6.45, 7) is -0.356. The number of halogens is 8. The SMILES string of the molecule is Cn1cc(S(=O)(=O)N2CCN(C3(CNC(=O)c4ccc(C(F)(F)F)cc4C(F)(F)F)CCC(F)(F)CC3)CC2)nn1. The number of alkyl halides is 8. The van der Waals surface area contributed by atoms with E-state index in [1.54, 1.807) is 4.90 Å². The van der Waals surface area contributed by atoms with Crippen LogP contribution < -0.4 is 5.32 Å². The van der Waals surface area contributed by atoms with Gasteiger partial charge in [0, 0.05) is 58.2 Å². The van der Waals surface area contributed by atoms with Crippen molar-refractivity contribution in [3.05, 3.63) is 41.1 Å². The molecular formula is C23H26F8N6O3S. The molecule has 1 amide bonds. The molecule has 41 heavy (non-hydrogen) atoms. The Labute approximate surface area is 229 Å². The van der Waals surface area contributed by atoms with E-state index in [0.717, 1.165) is 4.31 Å². The van der Waals surface area contributed by atoms with Crippen molar-refractivity contribution >= 4 is 15.9 Å². The first-order chi connectivity index (χ1) is 18.8. The number of hydrogen-bond acceptors (Lipinski definition) is 6. The molecule has 1 aliphatic heterocycles. The molecule has 1 saturated heterocycles. The van der Waals surface area contributed by atoms with Crippen LogP contribution in [0.25, 0.3) is 0 Å². The number of hydrogen-bond donors (Lipinski definition) is 1. The van der Waals surface area contributed by atoms with Gasteiger partial charge in [-0.2, -0.15) is 30.6 Å². The monoisotopic (exact) mass is 618 g/mol. The van der Waals surface area contributed by atoms with Gasteiger partial charge in [-0.15, -0.1) is 5.10 Å². The Kier molecular flexibility index (Phi) is 8.16. The van der Waals surface area contributed by atoms with E-state index in [4.69, 9.17) is 0 Å². The van der Waals surface area contributed by atoms with Crippen LogP contribution in [0.1, 0.15) is 47.2 Å². The molecule has 1 aromatic carbocycles. The van der Waals surface area contributed by atoms with Crippen LogP contribution in [-0.4, -0.2) is 82.7 Å². The topological polar surface area (TPSA) is 100 Å². The van der Waals surface area contributed by atoms with E-state index in [9.17, 15) is 48.3 Å². The van der Waals surface area contributed by atoms with E-state index in [2.05, 4.69) is 15.6 Å². The van der Waals surface area contributed by atoms with Gasteiger partial charge in [0.15, 0.2) is 0 Å². The summed E-state index contributed by atoms with van der Waals surface area (Å²) in [5.41, 5.74) is -5.55. The van der Waals surface area contributed by atoms with Gasteiger partial charge in [-0.3, -0.25) is 14.4 Å². The Morgan fingerprint density at radius 1 is 0.976 bits per heavy atom. The molecule has 2 aliphatic rings. The van der Waals surface area contributed by atoms with E-state index in [1.165, 1.54) is 17.9 Å². The summed E-state index contributed by atoms with van der Waals surface area (Å²) in [5, 5.41) is 9.27. The van der Waals surface area contributed by atoms with Crippen LogP contribution in [-0.2, 0) is 29.4 Å². The predicted octanol–water partition coefficient (Wildman–Crippen LogP) is 3.54. The number of carbonyl (C=O) groups excluding carboxylic acids is 1. The molecule has 0 atom stereocenters. The standard InChI is InChI=1S/C23H26F8N6O3S/c1-35-13-18(33-34-35)41(39,40)37-10-8-36(9-11-37)20(4-6-21(24,25)7-5-20)14-32-19(38)16-3-2-15(22(26,27)28)12-17(16)23(29,30)31/h2-3,12-13H,4-11,14H2,1H3,(H,32,38). The van der Waals surface area contributed by atoms with Crippen LogP contribution in [0.15, 0.2) is 29.4 Å². The lowest BCUT2D eigenvalue weighted by atomic mass is 9.78. The van der Waals surface area contributed by atoms with Gasteiger partial charge in [-0.25, -0.2) is 17.2 Å². The lowest BCUT2D eigenvalue weighted by molar-refractivity contribution is -0.143. The molecule has 228 valence electrons. The maximum Gasteiger partial charge on any atom is 0.417 e. The highest BCUT2D eigenvalue weighted by molar-refractivity contribution is 7.89. The molecule has 0 bridgehead atoms. The summed E-state index contributed by atoms with van der Waals surface area (Å²) >= 11 is 0. The Bertz CT molecular complexity index is 1370. The maximum absolute atomic E-state index is 14.1. The van der Waals surface area contributed by atoms with Crippen molar-refractivity contribution in [2.75, 3.05) is 32.7 Å². The smallest absolute Gasteiger partial charge is 0.350 e. The maximum atomic E-state index is 14.1. The summed E-state index contributed by atoms with van der Waals surface area (Å²) in [5.74, 6) is -4.31. The fourth-order valence-electron chi connectivity index (χ4n) is 5.16. The average molecular weight is 619 g/mol. The van der Waals surface area contributed by atoms with Crippen LogP contribution >= 0.6 is 0 Å². The highest BCUT2D eigenvalue weighted by atomic mass is 32.2. The first kappa shape index (κ1) is 31.1. The lowest BCUT2D eigenvalue weighted by Gasteiger charge is -2.50. The average Bonchev–Trinajstić information content (AvgIpc) is 3.34. The summed E-state index contributed by atoms with van der Waals surface area (Å²) < 4.78 is 136. The van der Waals surface area contributed by atoms with Gasteiger partial charge in [-0.05, 0) is 31.0 Å². The third-order valence-electron chi connectivity index (χ3n) is 7.48. The van der Waals surface area contributed by atoms with Gasteiger partial charge in [0.05, 0.1) is 22.9 Å². The molecule has 1 saturated carbocycles. The molecule has 18 heteroatoms. The van der Waals surface area contributed by atoms with E-state index < -0.39 is 69.3 Å². The number of aryl methyl sites for hydroxylation is 1. The third kappa shape index (κ3) is 6.63. The Morgan fingerprint density at radius 3 is 2.10 bits per heavy atom. The molecule has 1 aliphatic carbocycles. The van der Waals surface area contributed by atoms with Crippen LogP contribution in [0.5, 0.6) is 0 Å². The highest BCUT2D eigenvalue weighted by Crippen LogP contribution is 2.42. The minimum Gasteiger partial charge on any atom is -0.350 e. The third-order valence-corrected chi connectivity index (χ3v) is 9.24. The molecule has 2 aromatic rings. The second-order valence-electron chi connectivity index (χ2n) is 10.1. The highest BCUT2D eigenvalue weighted by Gasteiger charge is 2.48. The number of benzene rings is 1. The normalized spacial score (nSPS) is 20.6. The molecule has 1 N–H and O–H groups in total. The zero-order valence-corrected chi connectivity index (χ0v) is 22.4. The predicted molar refractivity (Wildman–Crippen MR) is 126 cm³/mol. The van der Waals surface area contributed by atoms with E-state index in [0.29, 0.717) is 12.1 Å². The minimum absolute atomic E-state index is 0.0534. The molecular weight excluding hydrogens is 592 g/mol. The van der Waals surface area contributed by atoms with Crippen LogP contribution in [0.4, 0.5) is 35.1 Å². The van der Waals surface area contributed by atoms with E-state index in [1.807, 2.05) is 0 Å². The van der Waals surface area contributed by atoms with Crippen molar-refractivity contribution in [3.63, 3.8) is 0 Å². The molecule has 0 unspecified atom stereocenters. The molecule has 9 nitrogen and oxygen atoms in total. The molecule has 2 heterocycles. The number of amides is 1. The van der Waals surface area contributed by atoms with Crippen LogP contribution in [0.2, 0.25) is 0 Å². The van der Waals surface area contributed by atoms with Gasteiger partial charge in [0.25, 0.3) is 15.9 Å². The Morgan fingerprint density at radius 2 is 1.59 bits per heavy atom. The Hall–Kier alpha value is -2.86. The summed E-state index contributed by atoms with van der Waals surface area (Å²) in [6, 6.07) is 0.638. The fraction of sp³-hybridized carbons (Fsp3) is 0.609. The summed E-state index contributed by atoms with van der Waals surface area (Å²) in [4.78, 5) is 14.6. The molecule has 1 aromatic heterocycles. The van der Waals surface area contributed by atoms with Crippen molar-refractivity contribution < 1.29 is 48.3 Å². The van der Waals surface area contributed by atoms with Crippen molar-refractivity contribution in [1.82, 2.24) is 29.5 Å². The van der Waals surface area contributed by atoms with Gasteiger partial charge in [-0.1, -0.05) is 5.21 Å². The molecule has 0 spiro atoms. The van der Waals surface area contributed by atoms with Crippen molar-refractivity contribution in [2.45, 2.75) is 54.5 Å². The van der Waals surface area contributed by atoms with Crippen molar-refractivity contribution in [3.8, 4) is 0 Å². The number of carbonyl (C=O) groups is 1. The van der Waals surface area contributed by atoms with Crippen LogP contribution in [0, 0.1) is 0 Å². The lowest BCUT2D eigenvalue weighted by Crippen LogP contribution is -2.63. The number of rotatable bonds is 6. The van der Waals surface area contributed by atoms with Gasteiger partial charge >= 0.3 is 12.4 Å². The van der Waals surface area contributed by atoms with E-state index in [-0.39, 0.29) is 56.7 Å². The summed E-state index contributed by atoms with van der Waals surface area (Å²) in [7, 11) is -2.50. The second kappa shape index (κ2) is 10.8. The van der Waals surface area contributed by atoms with Crippen molar-refractivity contribution in [1.29, 1.82) is 0 Å². The number of aromatic nitrogens is 3. The van der Waals surface area contributed by atoms with Gasteiger partial charge in [0.2, 0.25) is 10.9 Å². The van der Waals surface area contributed by atoms with E-state index >= 15 is 0 Å². The van der Waals surface area contributed by atoms with Gasteiger partial charge < -0.3 is 5.32 Å². The number of nitrogens with one attached hydrogen (secondary N) is 1. The molecule has 0 radical (unpaired) electrons. The molecule has 4 rings (SSSR count). The number of sulfonamides is 1. The number of piperazine rings is 1. The second-order valence-corrected chi connectivity index (χ2v) is 12.0. The molecule has 2 fully saturated rings. The quantitative estimate of drug-likeness (QED) is 0.498. The minimum atomic E-state index is -5.27. The first-order valence-electron chi connectivity index (χ1n) is 12.4. The zero-order valence-electron chi connectivity index (χ0n) is 21.6. The van der Waals surface area contributed by atoms with Crippen molar-refractivity contribution in [2.24, 2.45) is 7.05 Å². The largest absolute Gasteiger partial charge is 0.417 e. The summed E-state index contributed by atoms with van der Waals surface area (Å²) in [6.07, 6.45) is -10.6. The first-order valence-corrected chi connectivity index (χ1v) is 13.8.